The first kappa shape index (κ1) is 23.4. The first-order valence-corrected chi connectivity index (χ1v) is 10.8. The van der Waals surface area contributed by atoms with Gasteiger partial charge in [0.1, 0.15) is 0 Å². The van der Waals surface area contributed by atoms with Crippen LogP contribution >= 0.6 is 0 Å². The Morgan fingerprint density at radius 2 is 1.83 bits per heavy atom. The lowest BCUT2D eigenvalue weighted by Gasteiger charge is -2.06. The average Bonchev–Trinajstić information content (AvgIpc) is 2.77. The first-order chi connectivity index (χ1) is 14.4. The van der Waals surface area contributed by atoms with E-state index in [1.54, 1.807) is 6.20 Å². The molecule has 0 N–H and O–H groups in total. The van der Waals surface area contributed by atoms with Gasteiger partial charge in [0.2, 0.25) is 0 Å². The van der Waals surface area contributed by atoms with Gasteiger partial charge in [0.05, 0.1) is 16.7 Å². The van der Waals surface area contributed by atoms with Crippen molar-refractivity contribution in [2.75, 3.05) is 0 Å². The summed E-state index contributed by atoms with van der Waals surface area (Å²) in [6.45, 7) is 12.7. The first-order valence-electron chi connectivity index (χ1n) is 10.8. The molecule has 3 aromatic rings. The van der Waals surface area contributed by atoms with Gasteiger partial charge < -0.3 is 0 Å². The second-order valence-corrected chi connectivity index (χ2v) is 7.86. The Kier molecular flexibility index (Phi) is 9.33. The Hall–Kier alpha value is -2.88. The molecule has 0 saturated carbocycles. The molecule has 0 bridgehead atoms. The smallest absolute Gasteiger partial charge is 0.0889 e. The van der Waals surface area contributed by atoms with Crippen molar-refractivity contribution in [3.05, 3.63) is 71.8 Å². The Labute approximate surface area is 181 Å². The van der Waals surface area contributed by atoms with E-state index in [4.69, 9.17) is 4.99 Å². The van der Waals surface area contributed by atoms with Gasteiger partial charge in [-0.1, -0.05) is 33.3 Å². The van der Waals surface area contributed by atoms with Gasteiger partial charge in [-0.3, -0.25) is 19.9 Å². The van der Waals surface area contributed by atoms with E-state index in [0.717, 1.165) is 58.2 Å². The summed E-state index contributed by atoms with van der Waals surface area (Å²) >= 11 is 0. The maximum absolute atomic E-state index is 4.77. The van der Waals surface area contributed by atoms with Crippen LogP contribution in [0.5, 0.6) is 0 Å². The summed E-state index contributed by atoms with van der Waals surface area (Å²) in [6.07, 6.45) is 8.73. The van der Waals surface area contributed by atoms with E-state index in [1.807, 2.05) is 56.5 Å². The number of pyridine rings is 3. The summed E-state index contributed by atoms with van der Waals surface area (Å²) in [6, 6.07) is 12.1. The van der Waals surface area contributed by atoms with Gasteiger partial charge >= 0.3 is 0 Å². The molecule has 0 aliphatic rings. The number of aryl methyl sites for hydroxylation is 2. The molecular formula is C26H34N4. The number of aliphatic imine (C=N–C) groups is 1. The van der Waals surface area contributed by atoms with Gasteiger partial charge in [0.15, 0.2) is 0 Å². The number of hydrogen-bond donors (Lipinski definition) is 0. The summed E-state index contributed by atoms with van der Waals surface area (Å²) in [7, 11) is 0. The number of hydrogen-bond acceptors (Lipinski definition) is 4. The Morgan fingerprint density at radius 1 is 1.07 bits per heavy atom. The van der Waals surface area contributed by atoms with Crippen molar-refractivity contribution in [3.63, 3.8) is 0 Å². The normalized spacial score (nSPS) is 12.1. The maximum atomic E-state index is 4.77. The predicted molar refractivity (Wildman–Crippen MR) is 129 cm³/mol. The fourth-order valence-electron chi connectivity index (χ4n) is 2.62. The molecule has 0 aromatic carbocycles. The summed E-state index contributed by atoms with van der Waals surface area (Å²) in [5.74, 6) is 0.884. The zero-order valence-corrected chi connectivity index (χ0v) is 19.2. The average molecular weight is 403 g/mol. The van der Waals surface area contributed by atoms with Crippen molar-refractivity contribution >= 4 is 22.4 Å². The van der Waals surface area contributed by atoms with Gasteiger partial charge in [0.25, 0.3) is 0 Å². The monoisotopic (exact) mass is 402 g/mol. The minimum Gasteiger partial charge on any atom is -0.261 e. The van der Waals surface area contributed by atoms with Crippen LogP contribution in [-0.2, 0) is 6.42 Å². The second kappa shape index (κ2) is 12.0. The van der Waals surface area contributed by atoms with Crippen molar-refractivity contribution in [1.82, 2.24) is 15.0 Å². The van der Waals surface area contributed by atoms with Crippen molar-refractivity contribution in [3.8, 4) is 0 Å². The van der Waals surface area contributed by atoms with E-state index in [1.165, 1.54) is 6.42 Å². The molecule has 0 aliphatic heterocycles. The van der Waals surface area contributed by atoms with Gasteiger partial charge in [-0.2, -0.15) is 0 Å². The molecule has 0 unspecified atom stereocenters. The van der Waals surface area contributed by atoms with E-state index in [9.17, 15) is 0 Å². The lowest BCUT2D eigenvalue weighted by atomic mass is 10.1. The Bertz CT molecular complexity index is 985. The van der Waals surface area contributed by atoms with Gasteiger partial charge in [-0.25, -0.2) is 0 Å². The van der Waals surface area contributed by atoms with Crippen molar-refractivity contribution in [2.45, 2.75) is 60.8 Å². The molecule has 0 amide bonds. The molecule has 3 aromatic heterocycles. The highest BCUT2D eigenvalue weighted by Gasteiger charge is 2.03. The zero-order chi connectivity index (χ0) is 21.9. The fourth-order valence-corrected chi connectivity index (χ4v) is 2.62. The van der Waals surface area contributed by atoms with Gasteiger partial charge in [-0.05, 0) is 75.9 Å². The highest BCUT2D eigenvalue weighted by Crippen LogP contribution is 2.17. The molecule has 0 aliphatic carbocycles. The summed E-state index contributed by atoms with van der Waals surface area (Å²) < 4.78 is 0. The topological polar surface area (TPSA) is 51.0 Å². The lowest BCUT2D eigenvalue weighted by molar-refractivity contribution is 0.626. The summed E-state index contributed by atoms with van der Waals surface area (Å²) in [5, 5.41) is 0. The molecule has 0 saturated heterocycles. The maximum Gasteiger partial charge on any atom is 0.0889 e. The molecule has 0 fully saturated rings. The Morgan fingerprint density at radius 3 is 2.47 bits per heavy atom. The summed E-state index contributed by atoms with van der Waals surface area (Å²) in [5.41, 5.74) is 7.03. The second-order valence-electron chi connectivity index (χ2n) is 7.86. The van der Waals surface area contributed by atoms with Crippen LogP contribution in [0.25, 0.3) is 16.7 Å². The summed E-state index contributed by atoms with van der Waals surface area (Å²) in [4.78, 5) is 18.1. The van der Waals surface area contributed by atoms with E-state index >= 15 is 0 Å². The Balaban J connectivity index is 0.000000575. The zero-order valence-electron chi connectivity index (χ0n) is 19.2. The highest BCUT2D eigenvalue weighted by atomic mass is 14.8. The van der Waals surface area contributed by atoms with Crippen molar-refractivity contribution < 1.29 is 0 Å². The third-order valence-corrected chi connectivity index (χ3v) is 4.87. The molecule has 30 heavy (non-hydrogen) atoms. The number of nitrogens with zero attached hydrogens (tertiary/aromatic N) is 4. The van der Waals surface area contributed by atoms with E-state index in [0.29, 0.717) is 0 Å². The number of fused-ring (bicyclic) bond motifs is 1. The van der Waals surface area contributed by atoms with Crippen LogP contribution < -0.4 is 0 Å². The molecule has 158 valence electrons. The number of aromatic nitrogens is 3. The van der Waals surface area contributed by atoms with Crippen LogP contribution in [0.2, 0.25) is 0 Å². The van der Waals surface area contributed by atoms with Crippen molar-refractivity contribution in [2.24, 2.45) is 10.9 Å². The van der Waals surface area contributed by atoms with Gasteiger partial charge in [-0.15, -0.1) is 0 Å². The van der Waals surface area contributed by atoms with Crippen LogP contribution in [-0.4, -0.2) is 20.7 Å². The van der Waals surface area contributed by atoms with Crippen LogP contribution in [0.4, 0.5) is 0 Å². The number of rotatable bonds is 6. The van der Waals surface area contributed by atoms with E-state index in [2.05, 4.69) is 48.7 Å². The molecule has 3 rings (SSSR count). The molecule has 0 radical (unpaired) electrons. The highest BCUT2D eigenvalue weighted by molar-refractivity contribution is 5.88. The minimum absolute atomic E-state index is 0.864. The van der Waals surface area contributed by atoms with Crippen LogP contribution in [0.3, 0.4) is 0 Å². The van der Waals surface area contributed by atoms with Crippen molar-refractivity contribution in [1.29, 1.82) is 0 Å². The molecule has 0 spiro atoms. The minimum atomic E-state index is 0.864. The van der Waals surface area contributed by atoms with Crippen LogP contribution in [0.15, 0.2) is 59.9 Å². The third-order valence-electron chi connectivity index (χ3n) is 4.87. The molecule has 0 atom stereocenters. The molecule has 4 nitrogen and oxygen atoms in total. The lowest BCUT2D eigenvalue weighted by Crippen LogP contribution is -1.99. The van der Waals surface area contributed by atoms with E-state index in [-0.39, 0.29) is 0 Å². The number of allylic oxidation sites excluding steroid dienone is 1. The molecular weight excluding hydrogens is 368 g/mol. The third kappa shape index (κ3) is 7.51. The van der Waals surface area contributed by atoms with Gasteiger partial charge in [0, 0.05) is 35.1 Å². The van der Waals surface area contributed by atoms with Crippen LogP contribution in [0.1, 0.15) is 64.4 Å². The largest absolute Gasteiger partial charge is 0.261 e. The standard InChI is InChI=1S/C21H22N4.C5H12/c1-4-19(17-9-7-15(2)23-14-17)24-16(3)8-10-18-11-12-20-21(25-18)6-5-13-22-20;1-4-5(2)3/h4-7,9,11-14H,8,10H2,1-3H3;5H,4H2,1-3H3/b19-4-,24-16?;. The van der Waals surface area contributed by atoms with E-state index < -0.39 is 0 Å². The fraction of sp³-hybridized carbons (Fsp3) is 0.385. The molecule has 4 heteroatoms. The molecule has 3 heterocycles. The predicted octanol–water partition coefficient (Wildman–Crippen LogP) is 6.84. The SMILES string of the molecule is C/C=C(\N=C(C)CCc1ccc2ncccc2n1)c1ccc(C)nc1.CCC(C)C. The quantitative estimate of drug-likeness (QED) is 0.424. The van der Waals surface area contributed by atoms with Crippen LogP contribution in [0, 0.1) is 12.8 Å².